The minimum atomic E-state index is -3.83. The predicted octanol–water partition coefficient (Wildman–Crippen LogP) is 2.68. The molecule has 2 unspecified atom stereocenters. The van der Waals surface area contributed by atoms with Crippen LogP contribution in [0.25, 0.3) is 0 Å². The lowest BCUT2D eigenvalue weighted by Gasteiger charge is -2.17. The number of hydrogen-bond acceptors (Lipinski definition) is 3. The summed E-state index contributed by atoms with van der Waals surface area (Å²) in [5.41, 5.74) is 0. The van der Waals surface area contributed by atoms with Crippen molar-refractivity contribution in [2.75, 3.05) is 13.2 Å². The molecule has 1 aliphatic heterocycles. The van der Waals surface area contributed by atoms with E-state index < -0.39 is 15.8 Å². The molecule has 0 saturated carbocycles. The fourth-order valence-electron chi connectivity index (χ4n) is 2.37. The van der Waals surface area contributed by atoms with Crippen LogP contribution in [0.2, 0.25) is 0 Å². The SMILES string of the molecule is CCC1OCCC1CNS(=O)(=O)c1ccc(Br)cc1F. The highest BCUT2D eigenvalue weighted by atomic mass is 79.9. The second kappa shape index (κ2) is 6.51. The summed E-state index contributed by atoms with van der Waals surface area (Å²) in [5, 5.41) is 0. The van der Waals surface area contributed by atoms with Crippen molar-refractivity contribution in [2.45, 2.75) is 30.8 Å². The molecule has 0 aliphatic carbocycles. The summed E-state index contributed by atoms with van der Waals surface area (Å²) >= 11 is 3.10. The lowest BCUT2D eigenvalue weighted by molar-refractivity contribution is 0.0884. The molecule has 2 rings (SSSR count). The van der Waals surface area contributed by atoms with Crippen LogP contribution in [0.1, 0.15) is 19.8 Å². The van der Waals surface area contributed by atoms with Gasteiger partial charge in [0, 0.05) is 23.5 Å². The molecule has 0 radical (unpaired) electrons. The Labute approximate surface area is 126 Å². The Balaban J connectivity index is 2.07. The topological polar surface area (TPSA) is 55.4 Å². The molecule has 1 aromatic carbocycles. The summed E-state index contributed by atoms with van der Waals surface area (Å²) in [5.74, 6) is -0.616. The Bertz CT molecular complexity index is 579. The van der Waals surface area contributed by atoms with Gasteiger partial charge >= 0.3 is 0 Å². The Morgan fingerprint density at radius 3 is 2.90 bits per heavy atom. The van der Waals surface area contributed by atoms with Gasteiger partial charge in [0.15, 0.2) is 0 Å². The van der Waals surface area contributed by atoms with Crippen molar-refractivity contribution >= 4 is 26.0 Å². The number of benzene rings is 1. The van der Waals surface area contributed by atoms with Crippen LogP contribution >= 0.6 is 15.9 Å². The molecule has 0 bridgehead atoms. The molecule has 112 valence electrons. The molecule has 1 N–H and O–H groups in total. The molecule has 7 heteroatoms. The summed E-state index contributed by atoms with van der Waals surface area (Å²) in [6.45, 7) is 2.93. The summed E-state index contributed by atoms with van der Waals surface area (Å²) in [6.07, 6.45) is 1.75. The minimum Gasteiger partial charge on any atom is -0.378 e. The van der Waals surface area contributed by atoms with E-state index in [2.05, 4.69) is 20.7 Å². The molecule has 1 aromatic rings. The highest BCUT2D eigenvalue weighted by Gasteiger charge is 2.28. The molecule has 0 spiro atoms. The zero-order valence-electron chi connectivity index (χ0n) is 11.1. The number of rotatable bonds is 5. The average Bonchev–Trinajstić information content (AvgIpc) is 2.83. The Morgan fingerprint density at radius 2 is 2.25 bits per heavy atom. The van der Waals surface area contributed by atoms with E-state index in [0.29, 0.717) is 11.1 Å². The van der Waals surface area contributed by atoms with Crippen molar-refractivity contribution in [1.29, 1.82) is 0 Å². The third kappa shape index (κ3) is 3.58. The molecule has 0 amide bonds. The van der Waals surface area contributed by atoms with Crippen LogP contribution in [0, 0.1) is 11.7 Å². The number of ether oxygens (including phenoxy) is 1. The van der Waals surface area contributed by atoms with Gasteiger partial charge in [-0.05, 0) is 31.0 Å². The van der Waals surface area contributed by atoms with E-state index in [-0.39, 0.29) is 23.5 Å². The third-order valence-corrected chi connectivity index (χ3v) is 5.42. The van der Waals surface area contributed by atoms with Gasteiger partial charge in [0.25, 0.3) is 0 Å². The van der Waals surface area contributed by atoms with Crippen molar-refractivity contribution in [3.05, 3.63) is 28.5 Å². The van der Waals surface area contributed by atoms with E-state index >= 15 is 0 Å². The predicted molar refractivity (Wildman–Crippen MR) is 77.4 cm³/mol. The Hall–Kier alpha value is -0.500. The van der Waals surface area contributed by atoms with E-state index in [4.69, 9.17) is 4.74 Å². The van der Waals surface area contributed by atoms with Crippen LogP contribution in [0.4, 0.5) is 4.39 Å². The largest absolute Gasteiger partial charge is 0.378 e. The first-order chi connectivity index (χ1) is 9.44. The summed E-state index contributed by atoms with van der Waals surface area (Å²) in [4.78, 5) is -0.326. The van der Waals surface area contributed by atoms with Crippen LogP contribution in [-0.2, 0) is 14.8 Å². The van der Waals surface area contributed by atoms with Gasteiger partial charge in [-0.3, -0.25) is 0 Å². The van der Waals surface area contributed by atoms with Crippen molar-refractivity contribution in [2.24, 2.45) is 5.92 Å². The highest BCUT2D eigenvalue weighted by Crippen LogP contribution is 2.24. The lowest BCUT2D eigenvalue weighted by atomic mass is 10.0. The average molecular weight is 366 g/mol. The second-order valence-electron chi connectivity index (χ2n) is 4.79. The quantitative estimate of drug-likeness (QED) is 0.872. The van der Waals surface area contributed by atoms with Crippen molar-refractivity contribution < 1.29 is 17.5 Å². The Morgan fingerprint density at radius 1 is 1.50 bits per heavy atom. The number of halogens is 2. The van der Waals surface area contributed by atoms with Crippen LogP contribution in [0.5, 0.6) is 0 Å². The zero-order valence-corrected chi connectivity index (χ0v) is 13.5. The normalized spacial score (nSPS) is 23.1. The van der Waals surface area contributed by atoms with Crippen LogP contribution in [0.15, 0.2) is 27.6 Å². The lowest BCUT2D eigenvalue weighted by Crippen LogP contribution is -2.33. The van der Waals surface area contributed by atoms with Gasteiger partial charge in [-0.25, -0.2) is 17.5 Å². The molecular weight excluding hydrogens is 349 g/mol. The first kappa shape index (κ1) is 15.9. The van der Waals surface area contributed by atoms with Gasteiger partial charge in [0.05, 0.1) is 6.10 Å². The molecule has 1 saturated heterocycles. The molecule has 1 aliphatic rings. The highest BCUT2D eigenvalue weighted by molar-refractivity contribution is 9.10. The fraction of sp³-hybridized carbons (Fsp3) is 0.538. The Kier molecular flexibility index (Phi) is 5.17. The van der Waals surface area contributed by atoms with Crippen molar-refractivity contribution in [3.8, 4) is 0 Å². The molecule has 2 atom stereocenters. The molecule has 4 nitrogen and oxygen atoms in total. The second-order valence-corrected chi connectivity index (χ2v) is 7.44. The summed E-state index contributed by atoms with van der Waals surface area (Å²) < 4.78 is 46.4. The van der Waals surface area contributed by atoms with E-state index in [1.807, 2.05) is 6.92 Å². The molecular formula is C13H17BrFNO3S. The van der Waals surface area contributed by atoms with Gasteiger partial charge in [-0.15, -0.1) is 0 Å². The first-order valence-electron chi connectivity index (χ1n) is 6.50. The monoisotopic (exact) mass is 365 g/mol. The van der Waals surface area contributed by atoms with Crippen molar-refractivity contribution in [3.63, 3.8) is 0 Å². The van der Waals surface area contributed by atoms with E-state index in [9.17, 15) is 12.8 Å². The number of nitrogens with one attached hydrogen (secondary N) is 1. The van der Waals surface area contributed by atoms with Crippen LogP contribution in [0.3, 0.4) is 0 Å². The smallest absolute Gasteiger partial charge is 0.243 e. The van der Waals surface area contributed by atoms with E-state index in [1.165, 1.54) is 12.1 Å². The molecule has 1 fully saturated rings. The third-order valence-electron chi connectivity index (χ3n) is 3.47. The number of hydrogen-bond donors (Lipinski definition) is 1. The first-order valence-corrected chi connectivity index (χ1v) is 8.78. The van der Waals surface area contributed by atoms with E-state index in [1.54, 1.807) is 0 Å². The van der Waals surface area contributed by atoms with Crippen LogP contribution < -0.4 is 4.72 Å². The fourth-order valence-corrected chi connectivity index (χ4v) is 3.85. The zero-order chi connectivity index (χ0) is 14.8. The standard InChI is InChI=1S/C13H17BrFNO3S/c1-2-12-9(5-6-19-12)8-16-20(17,18)13-4-3-10(14)7-11(13)15/h3-4,7,9,12,16H,2,5-6,8H2,1H3. The van der Waals surface area contributed by atoms with Crippen molar-refractivity contribution in [1.82, 2.24) is 4.72 Å². The van der Waals surface area contributed by atoms with Gasteiger partial charge in [0.1, 0.15) is 10.7 Å². The molecule has 0 aromatic heterocycles. The summed E-state index contributed by atoms with van der Waals surface area (Å²) in [7, 11) is -3.83. The maximum atomic E-state index is 13.7. The summed E-state index contributed by atoms with van der Waals surface area (Å²) in [6, 6.07) is 3.90. The number of sulfonamides is 1. The molecule has 20 heavy (non-hydrogen) atoms. The minimum absolute atomic E-state index is 0.0764. The van der Waals surface area contributed by atoms with Gasteiger partial charge in [0.2, 0.25) is 10.0 Å². The van der Waals surface area contributed by atoms with Gasteiger partial charge in [-0.1, -0.05) is 22.9 Å². The van der Waals surface area contributed by atoms with Gasteiger partial charge < -0.3 is 4.74 Å². The van der Waals surface area contributed by atoms with Gasteiger partial charge in [-0.2, -0.15) is 0 Å². The molecule has 1 heterocycles. The van der Waals surface area contributed by atoms with E-state index in [0.717, 1.165) is 18.9 Å². The maximum Gasteiger partial charge on any atom is 0.243 e. The van der Waals surface area contributed by atoms with Crippen LogP contribution in [-0.4, -0.2) is 27.7 Å². The maximum absolute atomic E-state index is 13.7.